The van der Waals surface area contributed by atoms with E-state index in [9.17, 15) is 4.79 Å². The molecule has 0 bridgehead atoms. The minimum Gasteiger partial charge on any atom is -0.497 e. The topological polar surface area (TPSA) is 61.3 Å². The average Bonchev–Trinajstić information content (AvgIpc) is 3.33. The number of ether oxygens (including phenoxy) is 2. The van der Waals surface area contributed by atoms with Crippen LogP contribution in [0.4, 0.5) is 0 Å². The Morgan fingerprint density at radius 2 is 1.60 bits per heavy atom. The number of carbonyl (C=O) groups is 1. The SMILES string of the molecule is COc1ccc2cc(-c3cc(C(=O)OCc4nc5ccccc5s4)c4ccccc4n3)ccc2c1. The zero-order valence-corrected chi connectivity index (χ0v) is 19.7. The van der Waals surface area contributed by atoms with E-state index in [0.29, 0.717) is 11.3 Å². The van der Waals surface area contributed by atoms with Crippen molar-refractivity contribution in [2.75, 3.05) is 7.11 Å². The first-order chi connectivity index (χ1) is 17.2. The Bertz CT molecular complexity index is 1690. The van der Waals surface area contributed by atoms with Gasteiger partial charge in [-0.25, -0.2) is 14.8 Å². The summed E-state index contributed by atoms with van der Waals surface area (Å²) in [4.78, 5) is 22.6. The summed E-state index contributed by atoms with van der Waals surface area (Å²) >= 11 is 1.53. The van der Waals surface area contributed by atoms with Gasteiger partial charge in [0.15, 0.2) is 0 Å². The molecule has 35 heavy (non-hydrogen) atoms. The molecule has 0 spiro atoms. The fourth-order valence-electron chi connectivity index (χ4n) is 4.19. The van der Waals surface area contributed by atoms with Gasteiger partial charge in [-0.05, 0) is 53.2 Å². The van der Waals surface area contributed by atoms with Crippen LogP contribution in [-0.2, 0) is 11.3 Å². The number of para-hydroxylation sites is 2. The van der Waals surface area contributed by atoms with E-state index in [1.807, 2.05) is 84.9 Å². The van der Waals surface area contributed by atoms with E-state index in [1.165, 1.54) is 11.3 Å². The number of rotatable bonds is 5. The van der Waals surface area contributed by atoms with Gasteiger partial charge in [-0.1, -0.05) is 48.5 Å². The van der Waals surface area contributed by atoms with Gasteiger partial charge >= 0.3 is 5.97 Å². The Balaban J connectivity index is 1.35. The number of fused-ring (bicyclic) bond motifs is 3. The Morgan fingerprint density at radius 1 is 0.829 bits per heavy atom. The zero-order valence-electron chi connectivity index (χ0n) is 18.9. The summed E-state index contributed by atoms with van der Waals surface area (Å²) in [6.07, 6.45) is 0. The van der Waals surface area contributed by atoms with E-state index in [4.69, 9.17) is 14.5 Å². The number of thiazole rings is 1. The molecule has 0 atom stereocenters. The third-order valence-corrected chi connectivity index (χ3v) is 6.95. The fraction of sp³-hybridized carbons (Fsp3) is 0.0690. The van der Waals surface area contributed by atoms with Crippen molar-refractivity contribution in [1.29, 1.82) is 0 Å². The highest BCUT2D eigenvalue weighted by Crippen LogP contribution is 2.30. The van der Waals surface area contributed by atoms with Crippen molar-refractivity contribution in [3.05, 3.63) is 102 Å². The van der Waals surface area contributed by atoms with Gasteiger partial charge in [0, 0.05) is 10.9 Å². The number of nitrogens with zero attached hydrogens (tertiary/aromatic N) is 2. The Morgan fingerprint density at radius 3 is 2.46 bits per heavy atom. The molecule has 0 N–H and O–H groups in total. The van der Waals surface area contributed by atoms with Gasteiger partial charge in [-0.3, -0.25) is 0 Å². The van der Waals surface area contributed by atoms with Crippen LogP contribution < -0.4 is 4.74 Å². The first kappa shape index (κ1) is 21.3. The minimum absolute atomic E-state index is 0.127. The highest BCUT2D eigenvalue weighted by Gasteiger charge is 2.16. The van der Waals surface area contributed by atoms with Gasteiger partial charge in [-0.15, -0.1) is 11.3 Å². The van der Waals surface area contributed by atoms with Crippen molar-refractivity contribution in [3.63, 3.8) is 0 Å². The van der Waals surface area contributed by atoms with Gasteiger partial charge in [0.25, 0.3) is 0 Å². The van der Waals surface area contributed by atoms with Crippen molar-refractivity contribution in [3.8, 4) is 17.0 Å². The maximum absolute atomic E-state index is 13.2. The van der Waals surface area contributed by atoms with E-state index in [2.05, 4.69) is 11.1 Å². The van der Waals surface area contributed by atoms with Crippen LogP contribution in [0.15, 0.2) is 91.0 Å². The molecule has 0 unspecified atom stereocenters. The Hall–Kier alpha value is -4.29. The average molecular weight is 477 g/mol. The van der Waals surface area contributed by atoms with E-state index < -0.39 is 5.97 Å². The molecule has 170 valence electrons. The third-order valence-electron chi connectivity index (χ3n) is 5.94. The molecule has 5 nitrogen and oxygen atoms in total. The molecule has 0 amide bonds. The third kappa shape index (κ3) is 4.09. The molecule has 0 radical (unpaired) electrons. The molecule has 2 aromatic heterocycles. The number of esters is 1. The lowest BCUT2D eigenvalue weighted by Crippen LogP contribution is -2.07. The van der Waals surface area contributed by atoms with Crippen molar-refractivity contribution in [2.24, 2.45) is 0 Å². The van der Waals surface area contributed by atoms with Crippen LogP contribution >= 0.6 is 11.3 Å². The summed E-state index contributed by atoms with van der Waals surface area (Å²) in [5.41, 5.74) is 3.78. The maximum atomic E-state index is 13.2. The Kier molecular flexibility index (Phi) is 5.35. The predicted molar refractivity (Wildman–Crippen MR) is 140 cm³/mol. The first-order valence-corrected chi connectivity index (χ1v) is 12.0. The Labute approximate surface area is 205 Å². The van der Waals surface area contributed by atoms with E-state index in [0.717, 1.165) is 48.2 Å². The monoisotopic (exact) mass is 476 g/mol. The molecule has 0 aliphatic carbocycles. The summed E-state index contributed by atoms with van der Waals surface area (Å²) in [5.74, 6) is 0.418. The van der Waals surface area contributed by atoms with Crippen LogP contribution in [-0.4, -0.2) is 23.0 Å². The summed E-state index contributed by atoms with van der Waals surface area (Å²) < 4.78 is 12.1. The molecular formula is C29H20N2O3S. The number of benzene rings is 4. The minimum atomic E-state index is -0.394. The van der Waals surface area contributed by atoms with E-state index >= 15 is 0 Å². The predicted octanol–water partition coefficient (Wildman–Crippen LogP) is 7.03. The second-order valence-electron chi connectivity index (χ2n) is 8.15. The van der Waals surface area contributed by atoms with Crippen LogP contribution in [0, 0.1) is 0 Å². The number of hydrogen-bond donors (Lipinski definition) is 0. The van der Waals surface area contributed by atoms with Crippen LogP contribution in [0.1, 0.15) is 15.4 Å². The van der Waals surface area contributed by atoms with Crippen molar-refractivity contribution in [2.45, 2.75) is 6.61 Å². The number of pyridine rings is 1. The lowest BCUT2D eigenvalue weighted by molar-refractivity contribution is 0.0475. The van der Waals surface area contributed by atoms with Crippen LogP contribution in [0.25, 0.3) is 43.1 Å². The van der Waals surface area contributed by atoms with E-state index in [1.54, 1.807) is 7.11 Å². The van der Waals surface area contributed by atoms with E-state index in [-0.39, 0.29) is 6.61 Å². The molecule has 0 fully saturated rings. The highest BCUT2D eigenvalue weighted by molar-refractivity contribution is 7.18. The van der Waals surface area contributed by atoms with Crippen molar-refractivity contribution >= 4 is 49.2 Å². The fourth-order valence-corrected chi connectivity index (χ4v) is 5.07. The van der Waals surface area contributed by atoms with Gasteiger partial charge in [0.1, 0.15) is 17.4 Å². The molecule has 4 aromatic carbocycles. The lowest BCUT2D eigenvalue weighted by Gasteiger charge is -2.10. The van der Waals surface area contributed by atoms with Crippen LogP contribution in [0.5, 0.6) is 5.75 Å². The maximum Gasteiger partial charge on any atom is 0.339 e. The van der Waals surface area contributed by atoms with Gasteiger partial charge < -0.3 is 9.47 Å². The summed E-state index contributed by atoms with van der Waals surface area (Å²) in [5, 5.41) is 3.67. The summed E-state index contributed by atoms with van der Waals surface area (Å²) in [6, 6.07) is 29.4. The summed E-state index contributed by atoms with van der Waals surface area (Å²) in [7, 11) is 1.66. The van der Waals surface area contributed by atoms with Gasteiger partial charge in [0.05, 0.1) is 34.1 Å². The molecule has 0 saturated heterocycles. The highest BCUT2D eigenvalue weighted by atomic mass is 32.1. The van der Waals surface area contributed by atoms with Crippen molar-refractivity contribution in [1.82, 2.24) is 9.97 Å². The second kappa shape index (κ2) is 8.81. The summed E-state index contributed by atoms with van der Waals surface area (Å²) in [6.45, 7) is 0.127. The standard InChI is InChI=1S/C29H20N2O3S/c1-33-21-13-12-18-14-20(11-10-19(18)15-21)26-16-23(22-6-2-3-7-24(22)30-26)29(32)34-17-28-31-25-8-4-5-9-27(25)35-28/h2-16H,17H2,1H3. The molecule has 0 aliphatic rings. The first-order valence-electron chi connectivity index (χ1n) is 11.2. The molecule has 6 aromatic rings. The quantitative estimate of drug-likeness (QED) is 0.250. The number of hydrogen-bond acceptors (Lipinski definition) is 6. The lowest BCUT2D eigenvalue weighted by atomic mass is 10.0. The van der Waals surface area contributed by atoms with Crippen LogP contribution in [0.3, 0.4) is 0 Å². The molecule has 0 saturated carbocycles. The molecular weight excluding hydrogens is 456 g/mol. The van der Waals surface area contributed by atoms with Gasteiger partial charge in [0.2, 0.25) is 0 Å². The smallest absolute Gasteiger partial charge is 0.339 e. The van der Waals surface area contributed by atoms with Gasteiger partial charge in [-0.2, -0.15) is 0 Å². The second-order valence-corrected chi connectivity index (χ2v) is 9.27. The number of aromatic nitrogens is 2. The number of carbonyl (C=O) groups excluding carboxylic acids is 1. The molecule has 0 aliphatic heterocycles. The zero-order chi connectivity index (χ0) is 23.8. The number of methoxy groups -OCH3 is 1. The van der Waals surface area contributed by atoms with Crippen LogP contribution in [0.2, 0.25) is 0 Å². The molecule has 6 heteroatoms. The van der Waals surface area contributed by atoms with Crippen molar-refractivity contribution < 1.29 is 14.3 Å². The largest absolute Gasteiger partial charge is 0.497 e. The molecule has 2 heterocycles. The normalized spacial score (nSPS) is 11.2. The molecule has 6 rings (SSSR count).